The predicted molar refractivity (Wildman–Crippen MR) is 109 cm³/mol. The van der Waals surface area contributed by atoms with Crippen LogP contribution in [0.5, 0.6) is 0 Å². The lowest BCUT2D eigenvalue weighted by Crippen LogP contribution is -2.36. The van der Waals surface area contributed by atoms with E-state index in [-0.39, 0.29) is 24.9 Å². The fourth-order valence-electron chi connectivity index (χ4n) is 3.76. The summed E-state index contributed by atoms with van der Waals surface area (Å²) in [4.78, 5) is 37.5. The Hall–Kier alpha value is -2.23. The molecule has 0 aromatic carbocycles. The van der Waals surface area contributed by atoms with E-state index in [1.165, 1.54) is 0 Å². The Balaban J connectivity index is 1.70. The number of aromatic amines is 1. The summed E-state index contributed by atoms with van der Waals surface area (Å²) in [5, 5.41) is -0.275. The number of nitrogens with one attached hydrogen (secondary N) is 1. The second-order valence-electron chi connectivity index (χ2n) is 7.56. The van der Waals surface area contributed by atoms with Crippen LogP contribution in [0.1, 0.15) is 50.3 Å². The average Bonchev–Trinajstić information content (AvgIpc) is 3.13. The number of alkyl halides is 3. The van der Waals surface area contributed by atoms with Crippen LogP contribution in [0.4, 0.5) is 18.0 Å². The molecule has 176 valence electrons. The van der Waals surface area contributed by atoms with Crippen LogP contribution in [0.15, 0.2) is 15.8 Å². The van der Waals surface area contributed by atoms with Crippen LogP contribution in [-0.2, 0) is 20.4 Å². The Bertz CT molecular complexity index is 964. The molecule has 1 aliphatic carbocycles. The fourth-order valence-corrected chi connectivity index (χ4v) is 4.73. The van der Waals surface area contributed by atoms with Gasteiger partial charge in [0.1, 0.15) is 31.1 Å². The SMILES string of the molecule is C#CCO[C@H]1C[C@H](n2cc(C(F)(F)F)c(=O)[nH]c2=O)O[C@@H]1COC(=O)SC1CCCCC1. The number of H-pyrrole nitrogens is 1. The first kappa shape index (κ1) is 24.4. The third-order valence-electron chi connectivity index (χ3n) is 5.33. The van der Waals surface area contributed by atoms with Crippen molar-refractivity contribution in [3.05, 3.63) is 32.6 Å². The van der Waals surface area contributed by atoms with Gasteiger partial charge in [-0.1, -0.05) is 25.2 Å². The molecule has 2 fully saturated rings. The zero-order chi connectivity index (χ0) is 23.3. The molecule has 3 rings (SSSR count). The molecular formula is C20H23F3N2O6S. The van der Waals surface area contributed by atoms with Crippen LogP contribution in [0.25, 0.3) is 0 Å². The average molecular weight is 476 g/mol. The minimum absolute atomic E-state index is 0.0249. The van der Waals surface area contributed by atoms with Gasteiger partial charge in [0, 0.05) is 17.9 Å². The van der Waals surface area contributed by atoms with Crippen LogP contribution < -0.4 is 11.2 Å². The van der Waals surface area contributed by atoms with Crippen molar-refractivity contribution in [2.45, 2.75) is 68.4 Å². The number of aromatic nitrogens is 2. The number of nitrogens with zero attached hydrogens (tertiary/aromatic N) is 1. The molecule has 3 atom stereocenters. The highest BCUT2D eigenvalue weighted by atomic mass is 32.2. The zero-order valence-corrected chi connectivity index (χ0v) is 17.9. The van der Waals surface area contributed by atoms with Gasteiger partial charge in [0.2, 0.25) is 0 Å². The van der Waals surface area contributed by atoms with Gasteiger partial charge in [0.05, 0.1) is 6.10 Å². The Morgan fingerprint density at radius 2 is 2.03 bits per heavy atom. The van der Waals surface area contributed by atoms with E-state index in [1.54, 1.807) is 4.98 Å². The maximum atomic E-state index is 13.1. The van der Waals surface area contributed by atoms with Gasteiger partial charge in [0.25, 0.3) is 5.56 Å². The highest BCUT2D eigenvalue weighted by Crippen LogP contribution is 2.33. The molecule has 2 heterocycles. The summed E-state index contributed by atoms with van der Waals surface area (Å²) >= 11 is 1.12. The number of terminal acetylenes is 1. The second-order valence-corrected chi connectivity index (χ2v) is 8.80. The molecule has 0 unspecified atom stereocenters. The molecule has 1 saturated heterocycles. The first-order valence-electron chi connectivity index (χ1n) is 10.2. The maximum Gasteiger partial charge on any atom is 0.423 e. The smallest absolute Gasteiger partial charge is 0.423 e. The molecule has 8 nitrogen and oxygen atoms in total. The summed E-state index contributed by atoms with van der Waals surface area (Å²) in [6.45, 7) is -0.315. The third-order valence-corrected chi connectivity index (χ3v) is 6.44. The lowest BCUT2D eigenvalue weighted by atomic mass is 10.0. The van der Waals surface area contributed by atoms with Crippen molar-refractivity contribution in [2.24, 2.45) is 0 Å². The Morgan fingerprint density at radius 3 is 2.69 bits per heavy atom. The lowest BCUT2D eigenvalue weighted by Gasteiger charge is -2.21. The van der Waals surface area contributed by atoms with Crippen molar-refractivity contribution in [1.82, 2.24) is 9.55 Å². The first-order valence-corrected chi connectivity index (χ1v) is 11.0. The molecule has 32 heavy (non-hydrogen) atoms. The second kappa shape index (κ2) is 10.6. The van der Waals surface area contributed by atoms with Crippen LogP contribution in [-0.4, -0.2) is 45.5 Å². The number of ether oxygens (including phenoxy) is 3. The quantitative estimate of drug-likeness (QED) is 0.498. The summed E-state index contributed by atoms with van der Waals surface area (Å²) in [5.41, 5.74) is -4.13. The minimum atomic E-state index is -4.95. The molecular weight excluding hydrogens is 453 g/mol. The van der Waals surface area contributed by atoms with Crippen molar-refractivity contribution >= 4 is 17.1 Å². The first-order chi connectivity index (χ1) is 15.2. The van der Waals surface area contributed by atoms with E-state index >= 15 is 0 Å². The van der Waals surface area contributed by atoms with Crippen LogP contribution in [0.3, 0.4) is 0 Å². The molecule has 0 bridgehead atoms. The Labute approximate surface area is 185 Å². The number of halogens is 3. The number of carbonyl (C=O) groups is 1. The molecule has 0 spiro atoms. The van der Waals surface area contributed by atoms with E-state index in [0.717, 1.165) is 43.9 Å². The summed E-state index contributed by atoms with van der Waals surface area (Å²) in [7, 11) is 0. The molecule has 12 heteroatoms. The lowest BCUT2D eigenvalue weighted by molar-refractivity contribution is -0.139. The van der Waals surface area contributed by atoms with Gasteiger partial charge in [-0.2, -0.15) is 13.2 Å². The van der Waals surface area contributed by atoms with Gasteiger partial charge in [-0.15, -0.1) is 6.42 Å². The Morgan fingerprint density at radius 1 is 1.31 bits per heavy atom. The van der Waals surface area contributed by atoms with Gasteiger partial charge in [0.15, 0.2) is 0 Å². The van der Waals surface area contributed by atoms with E-state index in [4.69, 9.17) is 20.6 Å². The molecule has 1 N–H and O–H groups in total. The summed E-state index contributed by atoms with van der Waals surface area (Å²) < 4.78 is 56.4. The van der Waals surface area contributed by atoms with Crippen molar-refractivity contribution < 1.29 is 32.2 Å². The standard InChI is InChI=1S/C20H23F3N2O6S/c1-2-8-29-14-9-16(25-10-13(20(21,22)23)17(26)24-18(25)27)31-15(14)11-30-19(28)32-12-6-4-3-5-7-12/h1,10,12,14-16H,3-9,11H2,(H,24,26,27)/t14-,15+,16+/m0/s1. The maximum absolute atomic E-state index is 13.1. The van der Waals surface area contributed by atoms with Crippen molar-refractivity contribution in [3.63, 3.8) is 0 Å². The van der Waals surface area contributed by atoms with Gasteiger partial charge in [-0.25, -0.2) is 9.59 Å². The summed E-state index contributed by atoms with van der Waals surface area (Å²) in [6, 6.07) is 0. The van der Waals surface area contributed by atoms with Gasteiger partial charge in [-0.05, 0) is 24.6 Å². The van der Waals surface area contributed by atoms with E-state index in [0.29, 0.717) is 10.8 Å². The molecule has 1 aromatic heterocycles. The molecule has 2 aliphatic rings. The predicted octanol–water partition coefficient (Wildman–Crippen LogP) is 3.06. The van der Waals surface area contributed by atoms with Gasteiger partial charge in [-0.3, -0.25) is 14.3 Å². The van der Waals surface area contributed by atoms with E-state index in [1.807, 2.05) is 0 Å². The minimum Gasteiger partial charge on any atom is -0.455 e. The molecule has 1 aliphatic heterocycles. The number of carbonyl (C=O) groups excluding carboxylic acids is 1. The largest absolute Gasteiger partial charge is 0.455 e. The normalized spacial score (nSPS) is 24.2. The number of thioether (sulfide) groups is 1. The van der Waals surface area contributed by atoms with Crippen LogP contribution in [0, 0.1) is 12.3 Å². The third kappa shape index (κ3) is 6.17. The topological polar surface area (TPSA) is 99.6 Å². The fraction of sp³-hybridized carbons (Fsp3) is 0.650. The number of rotatable bonds is 6. The summed E-state index contributed by atoms with van der Waals surface area (Å²) in [5.74, 6) is 2.28. The molecule has 1 aromatic rings. The zero-order valence-electron chi connectivity index (χ0n) is 17.1. The highest BCUT2D eigenvalue weighted by molar-refractivity contribution is 8.13. The number of hydrogen-bond acceptors (Lipinski definition) is 7. The molecule has 1 saturated carbocycles. The van der Waals surface area contributed by atoms with Gasteiger partial charge >= 0.3 is 17.2 Å². The highest BCUT2D eigenvalue weighted by Gasteiger charge is 2.40. The van der Waals surface area contributed by atoms with Crippen LogP contribution in [0.2, 0.25) is 0 Å². The van der Waals surface area contributed by atoms with E-state index < -0.39 is 46.7 Å². The molecule has 0 amide bonds. The van der Waals surface area contributed by atoms with Crippen molar-refractivity contribution in [1.29, 1.82) is 0 Å². The van der Waals surface area contributed by atoms with E-state index in [2.05, 4.69) is 5.92 Å². The van der Waals surface area contributed by atoms with Gasteiger partial charge < -0.3 is 14.2 Å². The monoisotopic (exact) mass is 476 g/mol. The van der Waals surface area contributed by atoms with Crippen LogP contribution >= 0.6 is 11.8 Å². The van der Waals surface area contributed by atoms with E-state index in [9.17, 15) is 27.6 Å². The van der Waals surface area contributed by atoms with Crippen molar-refractivity contribution in [3.8, 4) is 12.3 Å². The number of hydrogen-bond donors (Lipinski definition) is 1. The summed E-state index contributed by atoms with van der Waals surface area (Å²) in [6.07, 6.45) is 3.05. The van der Waals surface area contributed by atoms with Crippen molar-refractivity contribution in [2.75, 3.05) is 13.2 Å². The Kier molecular flexibility index (Phi) is 8.08. The molecule has 0 radical (unpaired) electrons.